The summed E-state index contributed by atoms with van der Waals surface area (Å²) in [5.74, 6) is 0.0504. The summed E-state index contributed by atoms with van der Waals surface area (Å²) < 4.78 is 1.97. The predicted molar refractivity (Wildman–Crippen MR) is 177 cm³/mol. The predicted octanol–water partition coefficient (Wildman–Crippen LogP) is 10.9. The average molecular weight is 654 g/mol. The quantitative estimate of drug-likeness (QED) is 0.214. The number of hydrogen-bond donors (Lipinski definition) is 0. The molecule has 0 unspecified atom stereocenters. The molecule has 5 rings (SSSR count). The van der Waals surface area contributed by atoms with Crippen molar-refractivity contribution in [2.45, 2.75) is 52.4 Å². The summed E-state index contributed by atoms with van der Waals surface area (Å²) in [6, 6.07) is 33.7. The van der Waals surface area contributed by atoms with Gasteiger partial charge in [0, 0.05) is 31.2 Å². The van der Waals surface area contributed by atoms with Gasteiger partial charge < -0.3 is 0 Å². The number of halogens is 2. The van der Waals surface area contributed by atoms with Gasteiger partial charge in [-0.2, -0.15) is 0 Å². The van der Waals surface area contributed by atoms with Crippen LogP contribution in [0, 0.1) is 0 Å². The molecule has 0 radical (unpaired) electrons. The molecule has 3 heteroatoms. The van der Waals surface area contributed by atoms with Crippen molar-refractivity contribution >= 4 is 59.9 Å². The molecule has 0 N–H and O–H groups in total. The van der Waals surface area contributed by atoms with Gasteiger partial charge >= 0.3 is 0 Å². The van der Waals surface area contributed by atoms with Crippen molar-refractivity contribution in [3.05, 3.63) is 139 Å². The molecule has 0 bridgehead atoms. The number of Topliss-reactive ketones (excluding diaryl/α,β-unsaturated/α-hetero) is 1. The number of allylic oxidation sites excluding steroid dienone is 4. The van der Waals surface area contributed by atoms with Crippen LogP contribution in [-0.2, 0) is 15.6 Å². The highest BCUT2D eigenvalue weighted by molar-refractivity contribution is 9.10. The van der Waals surface area contributed by atoms with Gasteiger partial charge in [0.1, 0.15) is 0 Å². The van der Waals surface area contributed by atoms with Gasteiger partial charge in [0.15, 0.2) is 5.78 Å². The first-order chi connectivity index (χ1) is 18.8. The van der Waals surface area contributed by atoms with E-state index < -0.39 is 0 Å². The van der Waals surface area contributed by atoms with Crippen molar-refractivity contribution in [3.63, 3.8) is 0 Å². The second-order valence-corrected chi connectivity index (χ2v) is 14.3. The molecule has 0 saturated heterocycles. The Hall–Kier alpha value is -3.01. The lowest BCUT2D eigenvalue weighted by molar-refractivity contribution is -0.108. The van der Waals surface area contributed by atoms with E-state index in [1.54, 1.807) is 0 Å². The van der Waals surface area contributed by atoms with Gasteiger partial charge in [-0.15, -0.1) is 0 Å². The van der Waals surface area contributed by atoms with E-state index in [9.17, 15) is 4.79 Å². The first kappa shape index (κ1) is 28.5. The molecular weight excluding hydrogens is 620 g/mol. The first-order valence-electron chi connectivity index (χ1n) is 13.6. The molecule has 0 fully saturated rings. The third-order valence-electron chi connectivity index (χ3n) is 7.55. The van der Waals surface area contributed by atoms with Crippen molar-refractivity contribution in [3.8, 4) is 0 Å². The molecule has 1 nitrogen and oxygen atoms in total. The summed E-state index contributed by atoms with van der Waals surface area (Å²) in [5, 5.41) is 0. The Kier molecular flexibility index (Phi) is 7.67. The van der Waals surface area contributed by atoms with Gasteiger partial charge in [-0.3, -0.25) is 4.79 Å². The SMILES string of the molecule is CC(C)(C)c1ccc(C2=C(c3ccc(Br)cc3)C(=O)C(c3ccc(Br)cc3)=C2c2ccc(C(C)(C)C)cc2)cc1. The molecule has 4 aromatic rings. The maximum Gasteiger partial charge on any atom is 0.195 e. The fourth-order valence-electron chi connectivity index (χ4n) is 5.24. The molecule has 0 heterocycles. The van der Waals surface area contributed by atoms with Gasteiger partial charge in [-0.1, -0.05) is 146 Å². The summed E-state index contributed by atoms with van der Waals surface area (Å²) in [4.78, 5) is 14.6. The monoisotopic (exact) mass is 652 g/mol. The third-order valence-corrected chi connectivity index (χ3v) is 8.61. The average Bonchev–Trinajstić information content (AvgIpc) is 3.21. The summed E-state index contributed by atoms with van der Waals surface area (Å²) in [5.41, 5.74) is 9.96. The normalized spacial score (nSPS) is 14.3. The van der Waals surface area contributed by atoms with Crippen molar-refractivity contribution in [2.75, 3.05) is 0 Å². The van der Waals surface area contributed by atoms with E-state index in [0.29, 0.717) is 0 Å². The fourth-order valence-corrected chi connectivity index (χ4v) is 5.77. The highest BCUT2D eigenvalue weighted by Gasteiger charge is 2.35. The highest BCUT2D eigenvalue weighted by Crippen LogP contribution is 2.50. The number of ketones is 1. The Morgan fingerprint density at radius 1 is 0.400 bits per heavy atom. The number of hydrogen-bond acceptors (Lipinski definition) is 1. The number of benzene rings is 4. The van der Waals surface area contributed by atoms with Crippen LogP contribution in [0.15, 0.2) is 106 Å². The van der Waals surface area contributed by atoms with Gasteiger partial charge in [0.25, 0.3) is 0 Å². The van der Waals surface area contributed by atoms with Crippen molar-refractivity contribution in [1.82, 2.24) is 0 Å². The first-order valence-corrected chi connectivity index (χ1v) is 15.2. The van der Waals surface area contributed by atoms with Crippen LogP contribution in [0.1, 0.15) is 74.9 Å². The highest BCUT2D eigenvalue weighted by atomic mass is 79.9. The minimum absolute atomic E-state index is 0.0387. The molecule has 0 aliphatic heterocycles. The molecule has 0 aromatic heterocycles. The van der Waals surface area contributed by atoms with E-state index in [1.165, 1.54) is 11.1 Å². The van der Waals surface area contributed by atoms with Crippen LogP contribution in [-0.4, -0.2) is 5.78 Å². The van der Waals surface area contributed by atoms with Gasteiger partial charge in [0.2, 0.25) is 0 Å². The second kappa shape index (κ2) is 10.8. The number of carbonyl (C=O) groups is 1. The van der Waals surface area contributed by atoms with Crippen molar-refractivity contribution in [1.29, 1.82) is 0 Å². The Labute approximate surface area is 255 Å². The Bertz CT molecular complexity index is 1500. The lowest BCUT2D eigenvalue weighted by atomic mass is 9.83. The standard InChI is InChI=1S/C37H34Br2O/c1-36(2,3)27-15-7-23(8-16-27)31-32(24-9-17-28(18-10-24)37(4,5)6)34(26-13-21-30(39)22-14-26)35(40)33(31)25-11-19-29(38)20-12-25/h7-22H,1-6H3. The summed E-state index contributed by atoms with van der Waals surface area (Å²) in [6.07, 6.45) is 0. The van der Waals surface area contributed by atoms with Gasteiger partial charge in [-0.25, -0.2) is 0 Å². The second-order valence-electron chi connectivity index (χ2n) is 12.5. The van der Waals surface area contributed by atoms with E-state index in [2.05, 4.69) is 122 Å². The molecule has 202 valence electrons. The molecule has 1 aliphatic carbocycles. The zero-order chi connectivity index (χ0) is 28.8. The zero-order valence-electron chi connectivity index (χ0n) is 23.9. The summed E-state index contributed by atoms with van der Waals surface area (Å²) in [7, 11) is 0. The zero-order valence-corrected chi connectivity index (χ0v) is 27.1. The van der Waals surface area contributed by atoms with E-state index in [-0.39, 0.29) is 16.6 Å². The van der Waals surface area contributed by atoms with Crippen LogP contribution >= 0.6 is 31.9 Å². The fraction of sp³-hybridized carbons (Fsp3) is 0.216. The van der Waals surface area contributed by atoms with Crippen LogP contribution < -0.4 is 0 Å². The van der Waals surface area contributed by atoms with E-state index in [0.717, 1.165) is 53.5 Å². The maximum absolute atomic E-state index is 14.6. The molecule has 0 amide bonds. The number of carbonyl (C=O) groups excluding carboxylic acids is 1. The van der Waals surface area contributed by atoms with Crippen molar-refractivity contribution < 1.29 is 4.79 Å². The molecule has 1 aliphatic rings. The third kappa shape index (κ3) is 5.60. The van der Waals surface area contributed by atoms with Gasteiger partial charge in [0.05, 0.1) is 0 Å². The Morgan fingerprint density at radius 3 is 0.925 bits per heavy atom. The maximum atomic E-state index is 14.6. The lowest BCUT2D eigenvalue weighted by Gasteiger charge is -2.21. The van der Waals surface area contributed by atoms with E-state index >= 15 is 0 Å². The van der Waals surface area contributed by atoms with Gasteiger partial charge in [-0.05, 0) is 68.5 Å². The molecule has 0 atom stereocenters. The summed E-state index contributed by atoms with van der Waals surface area (Å²) in [6.45, 7) is 13.3. The smallest absolute Gasteiger partial charge is 0.195 e. The molecule has 0 saturated carbocycles. The number of rotatable bonds is 4. The molecule has 40 heavy (non-hydrogen) atoms. The van der Waals surface area contributed by atoms with Crippen LogP contribution in [0.2, 0.25) is 0 Å². The molecular formula is C37H34Br2O. The Balaban J connectivity index is 1.83. The van der Waals surface area contributed by atoms with Crippen LogP contribution in [0.3, 0.4) is 0 Å². The van der Waals surface area contributed by atoms with Crippen LogP contribution in [0.25, 0.3) is 22.3 Å². The molecule has 0 spiro atoms. The minimum Gasteiger partial charge on any atom is -0.289 e. The topological polar surface area (TPSA) is 17.1 Å². The van der Waals surface area contributed by atoms with Crippen LogP contribution in [0.4, 0.5) is 0 Å². The Morgan fingerprint density at radius 2 is 0.650 bits per heavy atom. The van der Waals surface area contributed by atoms with E-state index in [1.807, 2.05) is 48.5 Å². The van der Waals surface area contributed by atoms with E-state index in [4.69, 9.17) is 0 Å². The van der Waals surface area contributed by atoms with Crippen molar-refractivity contribution in [2.24, 2.45) is 0 Å². The van der Waals surface area contributed by atoms with Crippen LogP contribution in [0.5, 0.6) is 0 Å². The minimum atomic E-state index is 0.0387. The lowest BCUT2D eigenvalue weighted by Crippen LogP contribution is -2.11. The summed E-state index contributed by atoms with van der Waals surface area (Å²) >= 11 is 7.13. The molecule has 4 aromatic carbocycles. The largest absolute Gasteiger partial charge is 0.289 e.